The van der Waals surface area contributed by atoms with E-state index >= 15 is 0 Å². The zero-order valence-corrected chi connectivity index (χ0v) is 18.8. The van der Waals surface area contributed by atoms with Crippen molar-refractivity contribution >= 4 is 23.4 Å². The number of ether oxygens (including phenoxy) is 1. The smallest absolute Gasteiger partial charge is 0.387 e. The second-order valence-corrected chi connectivity index (χ2v) is 8.53. The number of carbonyl (C=O) groups is 1. The third-order valence-corrected chi connectivity index (χ3v) is 6.07. The van der Waals surface area contributed by atoms with E-state index in [9.17, 15) is 13.6 Å². The van der Waals surface area contributed by atoms with Crippen molar-refractivity contribution in [3.05, 3.63) is 54.1 Å². The maximum Gasteiger partial charge on any atom is 0.387 e. The number of nitrogen functional groups attached to an aromatic ring is 1. The lowest BCUT2D eigenvalue weighted by Gasteiger charge is -2.17. The van der Waals surface area contributed by atoms with Crippen molar-refractivity contribution < 1.29 is 18.3 Å². The summed E-state index contributed by atoms with van der Waals surface area (Å²) in [5.41, 5.74) is 2.46. The molecule has 1 heterocycles. The molecule has 0 radical (unpaired) electrons. The Labute approximate surface area is 189 Å². The van der Waals surface area contributed by atoms with E-state index in [-0.39, 0.29) is 11.7 Å². The molecular weight excluding hydrogens is 436 g/mol. The van der Waals surface area contributed by atoms with Crippen LogP contribution in [0, 0.1) is 0 Å². The van der Waals surface area contributed by atoms with Gasteiger partial charge in [0.05, 0.1) is 5.25 Å². The quantitative estimate of drug-likeness (QED) is 0.348. The first kappa shape index (κ1) is 23.5. The fraction of sp³-hybridized carbons (Fsp3) is 0.318. The summed E-state index contributed by atoms with van der Waals surface area (Å²) in [6.45, 7) is 3.09. The van der Waals surface area contributed by atoms with Gasteiger partial charge in [-0.2, -0.15) is 8.78 Å². The largest absolute Gasteiger partial charge is 0.435 e. The van der Waals surface area contributed by atoms with Crippen LogP contribution in [0.4, 0.5) is 14.5 Å². The highest BCUT2D eigenvalue weighted by atomic mass is 32.2. The summed E-state index contributed by atoms with van der Waals surface area (Å²) < 4.78 is 30.2. The van der Waals surface area contributed by atoms with E-state index in [2.05, 4.69) is 34.1 Å². The van der Waals surface area contributed by atoms with Crippen molar-refractivity contribution in [1.29, 1.82) is 0 Å². The number of halogens is 2. The molecule has 2 atom stereocenters. The minimum absolute atomic E-state index is 0.0319. The van der Waals surface area contributed by atoms with Crippen molar-refractivity contribution in [3.63, 3.8) is 0 Å². The second-order valence-electron chi connectivity index (χ2n) is 7.22. The van der Waals surface area contributed by atoms with E-state index in [1.165, 1.54) is 28.6 Å². The minimum Gasteiger partial charge on any atom is -0.435 e. The third kappa shape index (κ3) is 5.56. The number of carbonyl (C=O) groups excluding carboxylic acids is 1. The molecule has 3 rings (SSSR count). The third-order valence-electron chi connectivity index (χ3n) is 5.02. The number of benzene rings is 2. The Morgan fingerprint density at radius 2 is 1.84 bits per heavy atom. The minimum atomic E-state index is -2.90. The number of anilines is 1. The lowest BCUT2D eigenvalue weighted by atomic mass is 9.97. The first-order valence-electron chi connectivity index (χ1n) is 10.1. The molecule has 0 spiro atoms. The average Bonchev–Trinajstić information content (AvgIpc) is 3.13. The number of rotatable bonds is 9. The van der Waals surface area contributed by atoms with Gasteiger partial charge in [0.1, 0.15) is 5.75 Å². The number of thioether (sulfide) groups is 1. The fourth-order valence-electron chi connectivity index (χ4n) is 3.05. The van der Waals surface area contributed by atoms with Crippen molar-refractivity contribution in [2.45, 2.75) is 50.1 Å². The molecule has 3 N–H and O–H groups in total. The van der Waals surface area contributed by atoms with Gasteiger partial charge >= 0.3 is 6.61 Å². The summed E-state index contributed by atoms with van der Waals surface area (Å²) >= 11 is 1.17. The van der Waals surface area contributed by atoms with Gasteiger partial charge in [0.25, 0.3) is 0 Å². The number of amides is 1. The van der Waals surface area contributed by atoms with E-state index in [4.69, 9.17) is 5.84 Å². The zero-order valence-electron chi connectivity index (χ0n) is 18.0. The highest BCUT2D eigenvalue weighted by Gasteiger charge is 2.21. The molecule has 0 aliphatic rings. The molecule has 2 unspecified atom stereocenters. The Morgan fingerprint density at radius 3 is 2.50 bits per heavy atom. The van der Waals surface area contributed by atoms with E-state index in [0.717, 1.165) is 17.7 Å². The molecule has 10 heteroatoms. The molecule has 0 fully saturated rings. The highest BCUT2D eigenvalue weighted by molar-refractivity contribution is 8.00. The van der Waals surface area contributed by atoms with Gasteiger partial charge in [-0.3, -0.25) is 4.79 Å². The van der Waals surface area contributed by atoms with Gasteiger partial charge in [-0.05, 0) is 55.2 Å². The molecule has 170 valence electrons. The molecule has 1 amide bonds. The maximum atomic E-state index is 12.8. The SMILES string of the molecule is CCC(C)c1ccccc1NC(=O)C(C)Sc1nnc(-c2ccc(OC(F)F)cc2)n1N. The van der Waals surface area contributed by atoms with Gasteiger partial charge in [-0.1, -0.05) is 43.8 Å². The lowest BCUT2D eigenvalue weighted by Crippen LogP contribution is -2.24. The number of alkyl halides is 2. The number of nitrogens with one attached hydrogen (secondary N) is 1. The molecule has 7 nitrogen and oxygen atoms in total. The van der Waals surface area contributed by atoms with E-state index in [0.29, 0.717) is 22.5 Å². The van der Waals surface area contributed by atoms with Crippen molar-refractivity contribution in [3.8, 4) is 17.1 Å². The summed E-state index contributed by atoms with van der Waals surface area (Å²) in [5, 5.41) is 11.0. The molecule has 0 saturated carbocycles. The topological polar surface area (TPSA) is 95.1 Å². The number of nitrogens with zero attached hydrogens (tertiary/aromatic N) is 3. The first-order valence-corrected chi connectivity index (χ1v) is 11.0. The Kier molecular flexibility index (Phi) is 7.68. The van der Waals surface area contributed by atoms with E-state index < -0.39 is 11.9 Å². The van der Waals surface area contributed by atoms with Gasteiger partial charge in [-0.25, -0.2) is 4.68 Å². The standard InChI is InChI=1S/C22H25F2N5O2S/c1-4-13(2)17-7-5-6-8-18(17)26-20(30)14(3)32-22-28-27-19(29(22)25)15-9-11-16(12-10-15)31-21(23)24/h5-14,21H,4,25H2,1-3H3,(H,26,30). The van der Waals surface area contributed by atoms with Crippen LogP contribution >= 0.6 is 11.8 Å². The second kappa shape index (κ2) is 10.4. The van der Waals surface area contributed by atoms with Gasteiger partial charge in [0.15, 0.2) is 5.82 Å². The van der Waals surface area contributed by atoms with Gasteiger partial charge in [0.2, 0.25) is 11.1 Å². The van der Waals surface area contributed by atoms with Crippen LogP contribution in [0.25, 0.3) is 11.4 Å². The summed E-state index contributed by atoms with van der Waals surface area (Å²) in [5.74, 6) is 6.64. The Balaban J connectivity index is 1.69. The monoisotopic (exact) mass is 461 g/mol. The Hall–Kier alpha value is -3.14. The van der Waals surface area contributed by atoms with Crippen LogP contribution in [0.3, 0.4) is 0 Å². The molecule has 2 aromatic carbocycles. The molecule has 3 aromatic rings. The molecule has 0 saturated heterocycles. The van der Waals surface area contributed by atoms with Crippen molar-refractivity contribution in [1.82, 2.24) is 14.9 Å². The normalized spacial score (nSPS) is 13.1. The number of hydrogen-bond donors (Lipinski definition) is 2. The van der Waals surface area contributed by atoms with E-state index in [1.807, 2.05) is 24.3 Å². The summed E-state index contributed by atoms with van der Waals surface area (Å²) in [6, 6.07) is 13.7. The molecule has 0 aliphatic heterocycles. The van der Waals surface area contributed by atoms with Crippen LogP contribution in [0.15, 0.2) is 53.7 Å². The van der Waals surface area contributed by atoms with Crippen molar-refractivity contribution in [2.24, 2.45) is 0 Å². The molecule has 32 heavy (non-hydrogen) atoms. The van der Waals surface area contributed by atoms with E-state index in [1.54, 1.807) is 19.1 Å². The fourth-order valence-corrected chi connectivity index (χ4v) is 3.82. The Morgan fingerprint density at radius 1 is 1.16 bits per heavy atom. The average molecular weight is 462 g/mol. The maximum absolute atomic E-state index is 12.8. The van der Waals surface area contributed by atoms with Crippen LogP contribution in [0.5, 0.6) is 5.75 Å². The predicted octanol–water partition coefficient (Wildman–Crippen LogP) is 4.89. The van der Waals surface area contributed by atoms with Crippen LogP contribution in [0.2, 0.25) is 0 Å². The van der Waals surface area contributed by atoms with Crippen LogP contribution < -0.4 is 15.9 Å². The predicted molar refractivity (Wildman–Crippen MR) is 121 cm³/mol. The molecule has 1 aromatic heterocycles. The first-order chi connectivity index (χ1) is 15.3. The van der Waals surface area contributed by atoms with Crippen molar-refractivity contribution in [2.75, 3.05) is 11.2 Å². The number of hydrogen-bond acceptors (Lipinski definition) is 6. The van der Waals surface area contributed by atoms with Crippen LogP contribution in [-0.4, -0.2) is 32.6 Å². The Bertz CT molecular complexity index is 1060. The molecule has 0 aliphatic carbocycles. The summed E-state index contributed by atoms with van der Waals surface area (Å²) in [7, 11) is 0. The number of para-hydroxylation sites is 1. The van der Waals surface area contributed by atoms with Gasteiger partial charge in [0, 0.05) is 11.3 Å². The zero-order chi connectivity index (χ0) is 23.3. The lowest BCUT2D eigenvalue weighted by molar-refractivity contribution is -0.115. The summed E-state index contributed by atoms with van der Waals surface area (Å²) in [4.78, 5) is 12.8. The van der Waals surface area contributed by atoms with Gasteiger partial charge in [-0.15, -0.1) is 10.2 Å². The number of nitrogens with two attached hydrogens (primary N) is 1. The molecule has 0 bridgehead atoms. The van der Waals surface area contributed by atoms with Gasteiger partial charge < -0.3 is 15.9 Å². The summed E-state index contributed by atoms with van der Waals surface area (Å²) in [6.07, 6.45) is 0.964. The highest BCUT2D eigenvalue weighted by Crippen LogP contribution is 2.29. The van der Waals surface area contributed by atoms with Crippen LogP contribution in [-0.2, 0) is 4.79 Å². The number of aromatic nitrogens is 3. The molecular formula is C22H25F2N5O2S. The van der Waals surface area contributed by atoms with Crippen LogP contribution in [0.1, 0.15) is 38.7 Å².